The van der Waals surface area contributed by atoms with E-state index in [-0.39, 0.29) is 0 Å². The topological polar surface area (TPSA) is 44.5 Å². The summed E-state index contributed by atoms with van der Waals surface area (Å²) in [6, 6.07) is 3.23. The Morgan fingerprint density at radius 1 is 1.00 bits per heavy atom. The van der Waals surface area contributed by atoms with E-state index in [1.165, 1.54) is 6.07 Å². The molecule has 1 aromatic rings. The summed E-state index contributed by atoms with van der Waals surface area (Å²) in [7, 11) is 0. The number of benzene rings is 1. The minimum absolute atomic E-state index is 0.435. The van der Waals surface area contributed by atoms with Gasteiger partial charge in [0.1, 0.15) is 0 Å². The number of halogens is 4. The zero-order valence-electron chi connectivity index (χ0n) is 8.87. The van der Waals surface area contributed by atoms with E-state index in [1.807, 2.05) is 0 Å². The molecule has 0 amide bonds. The molecule has 17 heavy (non-hydrogen) atoms. The summed E-state index contributed by atoms with van der Waals surface area (Å²) in [5.74, 6) is -0.917. The molecule has 2 N–H and O–H groups in total. The Balaban J connectivity index is 3.03. The van der Waals surface area contributed by atoms with Crippen molar-refractivity contribution in [1.82, 2.24) is 0 Å². The highest BCUT2D eigenvalue weighted by molar-refractivity contribution is 5.43. The molecule has 0 spiro atoms. The Hall–Kier alpha value is -1.50. The predicted octanol–water partition coefficient (Wildman–Crippen LogP) is 2.91. The third kappa shape index (κ3) is 4.10. The molecule has 0 radical (unpaired) electrons. The van der Waals surface area contributed by atoms with Gasteiger partial charge in [-0.05, 0) is 24.6 Å². The van der Waals surface area contributed by atoms with Crippen LogP contribution in [0.4, 0.5) is 17.6 Å². The van der Waals surface area contributed by atoms with Crippen LogP contribution in [-0.2, 0) is 0 Å². The van der Waals surface area contributed by atoms with Crippen LogP contribution in [0.5, 0.6) is 11.5 Å². The van der Waals surface area contributed by atoms with E-state index in [4.69, 9.17) is 5.73 Å². The zero-order valence-corrected chi connectivity index (χ0v) is 8.87. The molecule has 1 atom stereocenters. The molecule has 0 aromatic heterocycles. The average molecular weight is 253 g/mol. The van der Waals surface area contributed by atoms with Gasteiger partial charge in [-0.15, -0.1) is 0 Å². The van der Waals surface area contributed by atoms with Crippen molar-refractivity contribution in [3.8, 4) is 11.5 Å². The predicted molar refractivity (Wildman–Crippen MR) is 52.3 cm³/mol. The van der Waals surface area contributed by atoms with Gasteiger partial charge in [0.15, 0.2) is 11.5 Å². The van der Waals surface area contributed by atoms with Crippen LogP contribution in [-0.4, -0.2) is 13.2 Å². The van der Waals surface area contributed by atoms with Gasteiger partial charge in [0.25, 0.3) is 0 Å². The van der Waals surface area contributed by atoms with Crippen LogP contribution < -0.4 is 15.2 Å². The first-order chi connectivity index (χ1) is 7.90. The van der Waals surface area contributed by atoms with Crippen LogP contribution in [0.15, 0.2) is 18.2 Å². The number of hydrogen-bond donors (Lipinski definition) is 1. The Labute approximate surface area is 95.1 Å². The van der Waals surface area contributed by atoms with Crippen molar-refractivity contribution in [3.63, 3.8) is 0 Å². The maximum atomic E-state index is 12.1. The first-order valence-electron chi connectivity index (χ1n) is 4.69. The van der Waals surface area contributed by atoms with E-state index in [1.54, 1.807) is 6.92 Å². The van der Waals surface area contributed by atoms with Crippen molar-refractivity contribution >= 4 is 0 Å². The third-order valence-electron chi connectivity index (χ3n) is 1.93. The van der Waals surface area contributed by atoms with Gasteiger partial charge in [0.2, 0.25) is 0 Å². The Morgan fingerprint density at radius 3 is 2.00 bits per heavy atom. The summed E-state index contributed by atoms with van der Waals surface area (Å²) in [4.78, 5) is 0. The van der Waals surface area contributed by atoms with E-state index < -0.39 is 30.8 Å². The molecule has 1 rings (SSSR count). The summed E-state index contributed by atoms with van der Waals surface area (Å²) in [5, 5.41) is 0. The second-order valence-corrected chi connectivity index (χ2v) is 3.25. The molecule has 0 saturated heterocycles. The Morgan fingerprint density at radius 2 is 1.53 bits per heavy atom. The largest absolute Gasteiger partial charge is 0.431 e. The zero-order chi connectivity index (χ0) is 13.0. The summed E-state index contributed by atoms with van der Waals surface area (Å²) in [6.45, 7) is -4.62. The molecule has 0 aliphatic carbocycles. The highest BCUT2D eigenvalue weighted by Crippen LogP contribution is 2.32. The molecule has 0 aliphatic heterocycles. The number of rotatable bonds is 5. The standard InChI is InChI=1S/C10H11F4NO2/c1-5(15)6-2-3-7(16-9(11)12)8(4-6)17-10(13)14/h2-5,9-10H,15H2,1H3. The third-order valence-corrected chi connectivity index (χ3v) is 1.93. The summed E-state index contributed by atoms with van der Waals surface area (Å²) in [6.07, 6.45) is 0. The highest BCUT2D eigenvalue weighted by Gasteiger charge is 2.16. The van der Waals surface area contributed by atoms with Gasteiger partial charge in [-0.1, -0.05) is 6.07 Å². The molecule has 96 valence electrons. The number of alkyl halides is 4. The molecule has 3 nitrogen and oxygen atoms in total. The quantitative estimate of drug-likeness (QED) is 0.820. The molecule has 0 bridgehead atoms. The first kappa shape index (κ1) is 13.6. The van der Waals surface area contributed by atoms with Gasteiger partial charge in [-0.25, -0.2) is 0 Å². The second-order valence-electron chi connectivity index (χ2n) is 3.25. The fraction of sp³-hybridized carbons (Fsp3) is 0.400. The molecular formula is C10H11F4NO2. The first-order valence-corrected chi connectivity index (χ1v) is 4.69. The van der Waals surface area contributed by atoms with Gasteiger partial charge in [0.05, 0.1) is 0 Å². The molecular weight excluding hydrogens is 242 g/mol. The summed E-state index contributed by atoms with van der Waals surface area (Å²) < 4.78 is 56.3. The number of ether oxygens (including phenoxy) is 2. The molecule has 1 unspecified atom stereocenters. The molecule has 0 fully saturated rings. The maximum Gasteiger partial charge on any atom is 0.387 e. The van der Waals surface area contributed by atoms with Crippen molar-refractivity contribution in [3.05, 3.63) is 23.8 Å². The van der Waals surface area contributed by atoms with E-state index >= 15 is 0 Å². The lowest BCUT2D eigenvalue weighted by atomic mass is 10.1. The van der Waals surface area contributed by atoms with E-state index in [0.29, 0.717) is 5.56 Å². The second kappa shape index (κ2) is 5.72. The molecule has 1 aromatic carbocycles. The van der Waals surface area contributed by atoms with Gasteiger partial charge in [-0.2, -0.15) is 17.6 Å². The lowest BCUT2D eigenvalue weighted by molar-refractivity contribution is -0.0692. The van der Waals surface area contributed by atoms with Crippen LogP contribution >= 0.6 is 0 Å². The SMILES string of the molecule is CC(N)c1ccc(OC(F)F)c(OC(F)F)c1. The Bertz CT molecular complexity index is 371. The van der Waals surface area contributed by atoms with E-state index in [9.17, 15) is 17.6 Å². The van der Waals surface area contributed by atoms with Crippen molar-refractivity contribution in [2.75, 3.05) is 0 Å². The van der Waals surface area contributed by atoms with Crippen LogP contribution in [0.25, 0.3) is 0 Å². The van der Waals surface area contributed by atoms with Gasteiger partial charge >= 0.3 is 13.2 Å². The Kier molecular flexibility index (Phi) is 4.56. The van der Waals surface area contributed by atoms with E-state index in [2.05, 4.69) is 9.47 Å². The highest BCUT2D eigenvalue weighted by atomic mass is 19.3. The fourth-order valence-electron chi connectivity index (χ4n) is 1.19. The van der Waals surface area contributed by atoms with Crippen LogP contribution in [0.2, 0.25) is 0 Å². The van der Waals surface area contributed by atoms with Crippen molar-refractivity contribution in [2.24, 2.45) is 5.73 Å². The minimum Gasteiger partial charge on any atom is -0.431 e. The smallest absolute Gasteiger partial charge is 0.387 e. The number of nitrogens with two attached hydrogens (primary N) is 1. The average Bonchev–Trinajstić information content (AvgIpc) is 2.18. The van der Waals surface area contributed by atoms with Crippen molar-refractivity contribution in [2.45, 2.75) is 26.2 Å². The number of hydrogen-bond acceptors (Lipinski definition) is 3. The van der Waals surface area contributed by atoms with Gasteiger partial charge in [0, 0.05) is 6.04 Å². The van der Waals surface area contributed by atoms with Crippen molar-refractivity contribution < 1.29 is 27.0 Å². The molecule has 0 heterocycles. The van der Waals surface area contributed by atoms with E-state index in [0.717, 1.165) is 12.1 Å². The minimum atomic E-state index is -3.13. The van der Waals surface area contributed by atoms with Crippen molar-refractivity contribution in [1.29, 1.82) is 0 Å². The molecule has 0 saturated carbocycles. The normalized spacial score (nSPS) is 12.9. The fourth-order valence-corrected chi connectivity index (χ4v) is 1.19. The van der Waals surface area contributed by atoms with Gasteiger partial charge < -0.3 is 15.2 Å². The molecule has 7 heteroatoms. The summed E-state index contributed by atoms with van der Waals surface area (Å²) in [5.41, 5.74) is 6.01. The van der Waals surface area contributed by atoms with Crippen LogP contribution in [0.1, 0.15) is 18.5 Å². The lowest BCUT2D eigenvalue weighted by Crippen LogP contribution is -2.10. The maximum absolute atomic E-state index is 12.1. The monoisotopic (exact) mass is 253 g/mol. The van der Waals surface area contributed by atoms with Gasteiger partial charge in [-0.3, -0.25) is 0 Å². The molecule has 0 aliphatic rings. The lowest BCUT2D eigenvalue weighted by Gasteiger charge is -2.14. The summed E-state index contributed by atoms with van der Waals surface area (Å²) >= 11 is 0. The van der Waals surface area contributed by atoms with Crippen LogP contribution in [0, 0.1) is 0 Å². The van der Waals surface area contributed by atoms with Crippen LogP contribution in [0.3, 0.4) is 0 Å².